The molecule has 2 amide bonds. The van der Waals surface area contributed by atoms with Crippen LogP contribution in [0.4, 0.5) is 5.00 Å². The molecular formula is C24H27N5O3S. The first kappa shape index (κ1) is 22.7. The molecule has 1 aliphatic rings. The van der Waals surface area contributed by atoms with Crippen LogP contribution in [0.2, 0.25) is 0 Å². The highest BCUT2D eigenvalue weighted by Crippen LogP contribution is 2.36. The molecule has 0 spiro atoms. The number of carbonyl (C=O) groups excluding carboxylic acids is 2. The molecule has 2 aromatic heterocycles. The minimum absolute atomic E-state index is 0.0296. The number of hydrogen-bond donors (Lipinski definition) is 2. The summed E-state index contributed by atoms with van der Waals surface area (Å²) in [5, 5.41) is 11.6. The van der Waals surface area contributed by atoms with Gasteiger partial charge in [0.2, 0.25) is 11.8 Å². The van der Waals surface area contributed by atoms with Gasteiger partial charge in [0.05, 0.1) is 19.5 Å². The molecular weight excluding hydrogens is 438 g/mol. The van der Waals surface area contributed by atoms with Gasteiger partial charge in [0.15, 0.2) is 0 Å². The maximum absolute atomic E-state index is 12.7. The third-order valence-corrected chi connectivity index (χ3v) is 6.77. The lowest BCUT2D eigenvalue weighted by Gasteiger charge is -2.27. The van der Waals surface area contributed by atoms with Crippen molar-refractivity contribution in [3.8, 4) is 5.75 Å². The molecule has 0 radical (unpaired) electrons. The predicted molar refractivity (Wildman–Crippen MR) is 128 cm³/mol. The zero-order chi connectivity index (χ0) is 23.2. The highest BCUT2D eigenvalue weighted by atomic mass is 32.1. The lowest BCUT2D eigenvalue weighted by molar-refractivity contribution is -0.132. The van der Waals surface area contributed by atoms with Gasteiger partial charge in [-0.3, -0.25) is 9.59 Å². The van der Waals surface area contributed by atoms with Crippen LogP contribution in [0.3, 0.4) is 0 Å². The lowest BCUT2D eigenvalue weighted by atomic mass is 10.0. The van der Waals surface area contributed by atoms with E-state index in [2.05, 4.69) is 10.3 Å². The summed E-state index contributed by atoms with van der Waals surface area (Å²) in [7, 11) is 0. The predicted octanol–water partition coefficient (Wildman–Crippen LogP) is 3.50. The molecule has 2 N–H and O–H groups in total. The van der Waals surface area contributed by atoms with Crippen LogP contribution in [0, 0.1) is 5.41 Å². The Morgan fingerprint density at radius 2 is 2.18 bits per heavy atom. The van der Waals surface area contributed by atoms with E-state index in [0.717, 1.165) is 27.3 Å². The first-order valence-corrected chi connectivity index (χ1v) is 11.8. The van der Waals surface area contributed by atoms with E-state index in [0.29, 0.717) is 44.0 Å². The Labute approximate surface area is 196 Å². The number of carbonyl (C=O) groups is 2. The van der Waals surface area contributed by atoms with Crippen molar-refractivity contribution in [2.24, 2.45) is 0 Å². The standard InChI is InChI=1S/C24H27N5O3S/c1-2-32-20-6-4-3-5-17(20)7-8-22(30)27-24-19(13-25)18-9-11-29(14-21(18)33-24)23(31)15-28-12-10-26-16-28/h3-6,10,12-13,16,25H,2,7-9,11,14-15H2,1H3,(H,27,30). The Hall–Kier alpha value is -3.46. The molecule has 172 valence electrons. The first-order valence-electron chi connectivity index (χ1n) is 11.0. The van der Waals surface area contributed by atoms with E-state index in [9.17, 15) is 9.59 Å². The molecule has 0 saturated carbocycles. The molecule has 8 nitrogen and oxygen atoms in total. The van der Waals surface area contributed by atoms with E-state index in [1.54, 1.807) is 23.3 Å². The maximum Gasteiger partial charge on any atom is 0.242 e. The number of amides is 2. The van der Waals surface area contributed by atoms with Crippen LogP contribution in [-0.2, 0) is 35.5 Å². The molecule has 3 heterocycles. The van der Waals surface area contributed by atoms with Gasteiger partial charge in [-0.1, -0.05) is 18.2 Å². The molecule has 0 fully saturated rings. The van der Waals surface area contributed by atoms with E-state index in [-0.39, 0.29) is 18.4 Å². The molecule has 1 aliphatic heterocycles. The number of aromatic nitrogens is 2. The number of ether oxygens (including phenoxy) is 1. The van der Waals surface area contributed by atoms with Gasteiger partial charge in [0, 0.05) is 42.0 Å². The number of anilines is 1. The Kier molecular flexibility index (Phi) is 7.19. The summed E-state index contributed by atoms with van der Waals surface area (Å²) in [5.74, 6) is 0.734. The van der Waals surface area contributed by atoms with E-state index >= 15 is 0 Å². The minimum Gasteiger partial charge on any atom is -0.494 e. The van der Waals surface area contributed by atoms with Gasteiger partial charge in [-0.2, -0.15) is 0 Å². The summed E-state index contributed by atoms with van der Waals surface area (Å²) in [4.78, 5) is 32.2. The lowest BCUT2D eigenvalue weighted by Crippen LogP contribution is -2.37. The normalized spacial score (nSPS) is 12.8. The highest BCUT2D eigenvalue weighted by Gasteiger charge is 2.26. The number of nitrogens with one attached hydrogen (secondary N) is 2. The number of para-hydroxylation sites is 1. The molecule has 0 saturated heterocycles. The monoisotopic (exact) mass is 465 g/mol. The largest absolute Gasteiger partial charge is 0.494 e. The second-order valence-corrected chi connectivity index (χ2v) is 8.89. The summed E-state index contributed by atoms with van der Waals surface area (Å²) < 4.78 is 7.40. The van der Waals surface area contributed by atoms with Crippen LogP contribution in [0.25, 0.3) is 0 Å². The van der Waals surface area contributed by atoms with Crippen LogP contribution in [-0.4, -0.2) is 45.6 Å². The van der Waals surface area contributed by atoms with Crippen LogP contribution in [0.15, 0.2) is 43.0 Å². The third kappa shape index (κ3) is 5.31. The number of fused-ring (bicyclic) bond motifs is 1. The van der Waals surface area contributed by atoms with E-state index < -0.39 is 0 Å². The summed E-state index contributed by atoms with van der Waals surface area (Å²) in [5.41, 5.74) is 2.80. The summed E-state index contributed by atoms with van der Waals surface area (Å²) in [6, 6.07) is 7.75. The van der Waals surface area contributed by atoms with Crippen molar-refractivity contribution in [3.63, 3.8) is 0 Å². The third-order valence-electron chi connectivity index (χ3n) is 5.62. The molecule has 0 bridgehead atoms. The van der Waals surface area contributed by atoms with Gasteiger partial charge in [-0.25, -0.2) is 4.98 Å². The fourth-order valence-electron chi connectivity index (χ4n) is 3.97. The van der Waals surface area contributed by atoms with Crippen LogP contribution >= 0.6 is 11.3 Å². The SMILES string of the molecule is CCOc1ccccc1CCC(=O)Nc1sc2c(c1C=N)CCN(C(=O)Cn1ccnc1)C2. The Balaban J connectivity index is 1.40. The number of nitrogens with zero attached hydrogens (tertiary/aromatic N) is 3. The van der Waals surface area contributed by atoms with Crippen molar-refractivity contribution in [1.29, 1.82) is 5.41 Å². The summed E-state index contributed by atoms with van der Waals surface area (Å²) in [6.45, 7) is 3.86. The second-order valence-electron chi connectivity index (χ2n) is 7.78. The van der Waals surface area contributed by atoms with Crippen molar-refractivity contribution in [3.05, 3.63) is 64.6 Å². The van der Waals surface area contributed by atoms with Gasteiger partial charge in [0.1, 0.15) is 17.3 Å². The number of rotatable bonds is 9. The highest BCUT2D eigenvalue weighted by molar-refractivity contribution is 7.16. The molecule has 33 heavy (non-hydrogen) atoms. The average Bonchev–Trinajstić information content (AvgIpc) is 3.45. The first-order chi connectivity index (χ1) is 16.1. The minimum atomic E-state index is -0.101. The van der Waals surface area contributed by atoms with Crippen LogP contribution < -0.4 is 10.1 Å². The van der Waals surface area contributed by atoms with E-state index in [1.807, 2.05) is 36.1 Å². The molecule has 9 heteroatoms. The van der Waals surface area contributed by atoms with Crippen LogP contribution in [0.5, 0.6) is 5.75 Å². The number of benzene rings is 1. The van der Waals surface area contributed by atoms with Crippen molar-refractivity contribution >= 4 is 34.4 Å². The molecule has 0 aliphatic carbocycles. The maximum atomic E-state index is 12.7. The Morgan fingerprint density at radius 3 is 2.94 bits per heavy atom. The number of aryl methyl sites for hydroxylation is 1. The van der Waals surface area contributed by atoms with Crippen molar-refractivity contribution in [2.75, 3.05) is 18.5 Å². The van der Waals surface area contributed by atoms with E-state index in [1.165, 1.54) is 17.6 Å². The molecule has 1 aromatic carbocycles. The molecule has 0 unspecified atom stereocenters. The summed E-state index contributed by atoms with van der Waals surface area (Å²) >= 11 is 1.46. The Bertz CT molecular complexity index is 1140. The zero-order valence-corrected chi connectivity index (χ0v) is 19.4. The van der Waals surface area contributed by atoms with Crippen LogP contribution in [0.1, 0.15) is 34.9 Å². The van der Waals surface area contributed by atoms with Gasteiger partial charge in [-0.05, 0) is 37.0 Å². The number of imidazole rings is 1. The van der Waals surface area contributed by atoms with Gasteiger partial charge < -0.3 is 24.9 Å². The Morgan fingerprint density at radius 1 is 1.33 bits per heavy atom. The van der Waals surface area contributed by atoms with Gasteiger partial charge in [0.25, 0.3) is 0 Å². The quantitative estimate of drug-likeness (QED) is 0.473. The van der Waals surface area contributed by atoms with Gasteiger partial charge >= 0.3 is 0 Å². The molecule has 3 aromatic rings. The second kappa shape index (κ2) is 10.4. The smallest absolute Gasteiger partial charge is 0.242 e. The van der Waals surface area contributed by atoms with E-state index in [4.69, 9.17) is 10.1 Å². The fourth-order valence-corrected chi connectivity index (χ4v) is 5.23. The molecule has 0 atom stereocenters. The number of thiophene rings is 1. The van der Waals surface area contributed by atoms with Crippen molar-refractivity contribution in [1.82, 2.24) is 14.5 Å². The fraction of sp³-hybridized carbons (Fsp3) is 0.333. The van der Waals surface area contributed by atoms with Gasteiger partial charge in [-0.15, -0.1) is 11.3 Å². The van der Waals surface area contributed by atoms with Crippen molar-refractivity contribution < 1.29 is 14.3 Å². The molecule has 4 rings (SSSR count). The van der Waals surface area contributed by atoms with Crippen molar-refractivity contribution in [2.45, 2.75) is 39.3 Å². The zero-order valence-electron chi connectivity index (χ0n) is 18.5. The average molecular weight is 466 g/mol. The number of hydrogen-bond acceptors (Lipinski definition) is 6. The summed E-state index contributed by atoms with van der Waals surface area (Å²) in [6.07, 6.45) is 7.92. The topological polar surface area (TPSA) is 100 Å².